The Kier molecular flexibility index (Phi) is 4.19. The van der Waals surface area contributed by atoms with Crippen molar-refractivity contribution in [3.05, 3.63) is 33.7 Å². The third-order valence-corrected chi connectivity index (χ3v) is 3.85. The predicted molar refractivity (Wildman–Crippen MR) is 71.4 cm³/mol. The summed E-state index contributed by atoms with van der Waals surface area (Å²) in [6, 6.07) is 3.51. The summed E-state index contributed by atoms with van der Waals surface area (Å²) in [4.78, 5) is 12.1. The summed E-state index contributed by atoms with van der Waals surface area (Å²) in [5.41, 5.74) is 7.57. The van der Waals surface area contributed by atoms with Gasteiger partial charge in [0, 0.05) is 18.3 Å². The molecule has 0 spiro atoms. The van der Waals surface area contributed by atoms with Crippen molar-refractivity contribution >= 4 is 0 Å². The number of aromatic nitrogens is 1. The maximum atomic E-state index is 12.1. The fourth-order valence-corrected chi connectivity index (χ4v) is 2.94. The monoisotopic (exact) mass is 250 g/mol. The predicted octanol–water partition coefficient (Wildman–Crippen LogP) is 1.20. The topological polar surface area (TPSA) is 68.2 Å². The molecule has 0 amide bonds. The molecule has 4 nitrogen and oxygen atoms in total. The normalized spacial score (nSPS) is 22.8. The number of hydrogen-bond acceptors (Lipinski definition) is 3. The minimum Gasteiger partial charge on any atom is -0.392 e. The van der Waals surface area contributed by atoms with E-state index in [2.05, 4.69) is 6.92 Å². The van der Waals surface area contributed by atoms with Crippen LogP contribution in [0.25, 0.3) is 0 Å². The Morgan fingerprint density at radius 2 is 2.28 bits per heavy atom. The number of fused-ring (bicyclic) bond motifs is 1. The van der Waals surface area contributed by atoms with E-state index in [1.165, 1.54) is 6.07 Å². The molecule has 100 valence electrons. The lowest BCUT2D eigenvalue weighted by atomic mass is 9.84. The van der Waals surface area contributed by atoms with Gasteiger partial charge in [0.1, 0.15) is 0 Å². The molecule has 4 heteroatoms. The van der Waals surface area contributed by atoms with Crippen molar-refractivity contribution in [2.24, 2.45) is 11.7 Å². The molecule has 3 N–H and O–H groups in total. The fraction of sp³-hybridized carbons (Fsp3) is 0.643. The third-order valence-electron chi connectivity index (χ3n) is 3.85. The molecule has 2 heterocycles. The first-order valence-electron chi connectivity index (χ1n) is 6.74. The van der Waals surface area contributed by atoms with Crippen LogP contribution < -0.4 is 11.3 Å². The second kappa shape index (κ2) is 5.67. The molecule has 0 aliphatic carbocycles. The maximum Gasteiger partial charge on any atom is 0.251 e. The Morgan fingerprint density at radius 1 is 1.50 bits per heavy atom. The quantitative estimate of drug-likeness (QED) is 0.843. The minimum absolute atomic E-state index is 0.00389. The van der Waals surface area contributed by atoms with Crippen molar-refractivity contribution in [3.63, 3.8) is 0 Å². The van der Waals surface area contributed by atoms with Gasteiger partial charge in [-0.3, -0.25) is 4.79 Å². The fourth-order valence-electron chi connectivity index (χ4n) is 2.94. The van der Waals surface area contributed by atoms with Crippen LogP contribution in [0, 0.1) is 5.92 Å². The van der Waals surface area contributed by atoms with Crippen molar-refractivity contribution in [2.45, 2.75) is 45.3 Å². The first-order valence-corrected chi connectivity index (χ1v) is 6.74. The Labute approximate surface area is 107 Å². The molecular weight excluding hydrogens is 228 g/mol. The van der Waals surface area contributed by atoms with Crippen molar-refractivity contribution in [3.8, 4) is 0 Å². The van der Waals surface area contributed by atoms with E-state index in [0.29, 0.717) is 18.4 Å². The van der Waals surface area contributed by atoms with Gasteiger partial charge < -0.3 is 15.4 Å². The second-order valence-corrected chi connectivity index (χ2v) is 5.22. The zero-order chi connectivity index (χ0) is 13.1. The first kappa shape index (κ1) is 13.3. The molecule has 1 aromatic heterocycles. The largest absolute Gasteiger partial charge is 0.392 e. The Hall–Kier alpha value is -1.13. The summed E-state index contributed by atoms with van der Waals surface area (Å²) < 4.78 is 1.85. The molecule has 0 saturated carbocycles. The van der Waals surface area contributed by atoms with Crippen molar-refractivity contribution in [2.75, 3.05) is 6.54 Å². The summed E-state index contributed by atoms with van der Waals surface area (Å²) in [5.74, 6) is 0.795. The highest BCUT2D eigenvalue weighted by atomic mass is 16.3. The van der Waals surface area contributed by atoms with Gasteiger partial charge in [-0.2, -0.15) is 0 Å². The molecule has 1 aliphatic rings. The van der Waals surface area contributed by atoms with Crippen molar-refractivity contribution in [1.82, 2.24) is 4.57 Å². The zero-order valence-corrected chi connectivity index (χ0v) is 10.9. The van der Waals surface area contributed by atoms with Gasteiger partial charge in [0.05, 0.1) is 6.61 Å². The van der Waals surface area contributed by atoms with Gasteiger partial charge in [0.2, 0.25) is 0 Å². The summed E-state index contributed by atoms with van der Waals surface area (Å²) in [6.07, 6.45) is 3.23. The zero-order valence-electron chi connectivity index (χ0n) is 10.9. The summed E-state index contributed by atoms with van der Waals surface area (Å²) >= 11 is 0. The number of aliphatic hydroxyl groups is 1. The van der Waals surface area contributed by atoms with E-state index in [9.17, 15) is 9.90 Å². The Bertz CT molecular complexity index is 467. The van der Waals surface area contributed by atoms with Crippen LogP contribution >= 0.6 is 0 Å². The highest BCUT2D eigenvalue weighted by Crippen LogP contribution is 2.33. The summed E-state index contributed by atoms with van der Waals surface area (Å²) in [7, 11) is 0. The van der Waals surface area contributed by atoms with E-state index < -0.39 is 0 Å². The average molecular weight is 250 g/mol. The Morgan fingerprint density at radius 3 is 2.89 bits per heavy atom. The number of hydrogen-bond donors (Lipinski definition) is 2. The van der Waals surface area contributed by atoms with Crippen molar-refractivity contribution in [1.29, 1.82) is 0 Å². The molecule has 1 aromatic rings. The summed E-state index contributed by atoms with van der Waals surface area (Å²) in [6.45, 7) is 3.44. The number of pyridine rings is 1. The molecule has 0 radical (unpaired) electrons. The maximum absolute atomic E-state index is 12.1. The minimum atomic E-state index is -0.0672. The van der Waals surface area contributed by atoms with Crippen molar-refractivity contribution < 1.29 is 5.11 Å². The van der Waals surface area contributed by atoms with Gasteiger partial charge in [-0.05, 0) is 42.9 Å². The van der Waals surface area contributed by atoms with Gasteiger partial charge in [-0.15, -0.1) is 0 Å². The van der Waals surface area contributed by atoms with Gasteiger partial charge >= 0.3 is 0 Å². The molecule has 18 heavy (non-hydrogen) atoms. The molecule has 1 aliphatic heterocycles. The van der Waals surface area contributed by atoms with E-state index in [1.807, 2.05) is 10.6 Å². The number of rotatable bonds is 4. The van der Waals surface area contributed by atoms with Gasteiger partial charge in [-0.25, -0.2) is 0 Å². The lowest BCUT2D eigenvalue weighted by Crippen LogP contribution is -2.36. The smallest absolute Gasteiger partial charge is 0.251 e. The first-order chi connectivity index (χ1) is 8.69. The van der Waals surface area contributed by atoms with Gasteiger partial charge in [0.15, 0.2) is 0 Å². The van der Waals surface area contributed by atoms with E-state index in [1.54, 1.807) is 0 Å². The SMILES string of the molecule is CCCC1CC(CN)Cn2c1cc(CO)cc2=O. The molecule has 2 rings (SSSR count). The van der Waals surface area contributed by atoms with E-state index in [4.69, 9.17) is 5.73 Å². The van der Waals surface area contributed by atoms with Crippen LogP contribution in [0.2, 0.25) is 0 Å². The molecule has 0 saturated heterocycles. The standard InChI is InChI=1S/C14H22N2O2/c1-2-3-12-4-11(7-15)8-16-13(12)5-10(9-17)6-14(16)18/h5-6,11-12,17H,2-4,7-9,15H2,1H3. The molecule has 2 atom stereocenters. The second-order valence-electron chi connectivity index (χ2n) is 5.22. The number of nitrogens with two attached hydrogens (primary N) is 1. The summed E-state index contributed by atoms with van der Waals surface area (Å²) in [5, 5.41) is 9.21. The van der Waals surface area contributed by atoms with Crippen LogP contribution in [-0.4, -0.2) is 16.2 Å². The molecule has 0 fully saturated rings. The molecule has 2 unspecified atom stereocenters. The highest BCUT2D eigenvalue weighted by molar-refractivity contribution is 5.22. The molecule has 0 aromatic carbocycles. The number of nitrogens with zero attached hydrogens (tertiary/aromatic N) is 1. The lowest BCUT2D eigenvalue weighted by molar-refractivity contribution is 0.277. The Balaban J connectivity index is 2.44. The van der Waals surface area contributed by atoms with Crippen LogP contribution in [0.1, 0.15) is 43.4 Å². The molecule has 0 bridgehead atoms. The van der Waals surface area contributed by atoms with E-state index in [-0.39, 0.29) is 12.2 Å². The van der Waals surface area contributed by atoms with Crippen LogP contribution in [0.3, 0.4) is 0 Å². The van der Waals surface area contributed by atoms with Crippen LogP contribution in [0.4, 0.5) is 0 Å². The van der Waals surface area contributed by atoms with Crippen LogP contribution in [-0.2, 0) is 13.2 Å². The van der Waals surface area contributed by atoms with Gasteiger partial charge in [0.25, 0.3) is 5.56 Å². The van der Waals surface area contributed by atoms with Crippen LogP contribution in [0.15, 0.2) is 16.9 Å². The number of aliphatic hydroxyl groups excluding tert-OH is 1. The average Bonchev–Trinajstić information content (AvgIpc) is 2.39. The van der Waals surface area contributed by atoms with Gasteiger partial charge in [-0.1, -0.05) is 13.3 Å². The lowest BCUT2D eigenvalue weighted by Gasteiger charge is -2.32. The molecular formula is C14H22N2O2. The van der Waals surface area contributed by atoms with E-state index in [0.717, 1.165) is 37.1 Å². The van der Waals surface area contributed by atoms with E-state index >= 15 is 0 Å². The highest BCUT2D eigenvalue weighted by Gasteiger charge is 2.26. The third kappa shape index (κ3) is 2.49. The van der Waals surface area contributed by atoms with Crippen LogP contribution in [0.5, 0.6) is 0 Å².